The Morgan fingerprint density at radius 1 is 1.34 bits per heavy atom. The maximum atomic E-state index is 12.4. The number of carbonyl (C=O) groups is 1. The molecule has 0 saturated carbocycles. The fourth-order valence-electron chi connectivity index (χ4n) is 2.99. The van der Waals surface area contributed by atoms with Crippen LogP contribution in [0.4, 0.5) is 0 Å². The largest absolute Gasteiger partial charge is 0.459 e. The van der Waals surface area contributed by atoms with Crippen LogP contribution in [0.3, 0.4) is 0 Å². The van der Waals surface area contributed by atoms with Crippen LogP contribution in [0.5, 0.6) is 0 Å². The number of halogens is 1. The lowest BCUT2D eigenvalue weighted by Gasteiger charge is -2.36. The van der Waals surface area contributed by atoms with Crippen molar-refractivity contribution in [2.24, 2.45) is 4.99 Å². The van der Waals surface area contributed by atoms with E-state index in [1.54, 1.807) is 24.1 Å². The highest BCUT2D eigenvalue weighted by Crippen LogP contribution is 2.13. The number of nitrogens with one attached hydrogen (secondary N) is 1. The SMILES string of the molecule is CCOC(C)c1noc(CNC(=NC)N2CCN(C(=O)c3ccco3)CC2)n1.I. The van der Waals surface area contributed by atoms with Crippen LogP contribution >= 0.6 is 24.0 Å². The molecule has 1 unspecified atom stereocenters. The number of rotatable bonds is 6. The molecule has 29 heavy (non-hydrogen) atoms. The number of piperazine rings is 1. The van der Waals surface area contributed by atoms with Gasteiger partial charge in [-0.3, -0.25) is 9.79 Å². The molecule has 1 fully saturated rings. The highest BCUT2D eigenvalue weighted by atomic mass is 127. The Hall–Kier alpha value is -2.15. The standard InChI is InChI=1S/C18H26N6O4.HI/c1-4-26-13(2)16-21-15(28-22-16)12-20-18(19-3)24-9-7-23(8-10-24)17(25)14-6-5-11-27-14;/h5-6,11,13H,4,7-10,12H2,1-3H3,(H,19,20);1H. The lowest BCUT2D eigenvalue weighted by atomic mass is 10.3. The minimum absolute atomic E-state index is 0. The van der Waals surface area contributed by atoms with Gasteiger partial charge in [-0.05, 0) is 26.0 Å². The first-order valence-electron chi connectivity index (χ1n) is 9.34. The predicted octanol–water partition coefficient (Wildman–Crippen LogP) is 1.91. The van der Waals surface area contributed by atoms with Gasteiger partial charge in [-0.25, -0.2) is 0 Å². The molecule has 160 valence electrons. The molecule has 1 amide bonds. The minimum Gasteiger partial charge on any atom is -0.459 e. The topological polar surface area (TPSA) is 109 Å². The first kappa shape index (κ1) is 23.1. The van der Waals surface area contributed by atoms with Crippen molar-refractivity contribution in [1.29, 1.82) is 0 Å². The van der Waals surface area contributed by atoms with Gasteiger partial charge in [-0.15, -0.1) is 24.0 Å². The van der Waals surface area contributed by atoms with Crippen LogP contribution < -0.4 is 5.32 Å². The molecule has 11 heteroatoms. The monoisotopic (exact) mass is 518 g/mol. The summed E-state index contributed by atoms with van der Waals surface area (Å²) in [4.78, 5) is 24.9. The Balaban J connectivity index is 0.00000300. The van der Waals surface area contributed by atoms with Gasteiger partial charge in [0.1, 0.15) is 6.10 Å². The number of ether oxygens (including phenoxy) is 1. The maximum absolute atomic E-state index is 12.4. The Bertz CT molecular complexity index is 786. The molecule has 3 rings (SSSR count). The Morgan fingerprint density at radius 3 is 2.69 bits per heavy atom. The lowest BCUT2D eigenvalue weighted by Crippen LogP contribution is -2.53. The Labute approximate surface area is 186 Å². The van der Waals surface area contributed by atoms with Gasteiger partial charge in [0, 0.05) is 39.8 Å². The summed E-state index contributed by atoms with van der Waals surface area (Å²) in [5.41, 5.74) is 0. The Morgan fingerprint density at radius 2 is 2.07 bits per heavy atom. The molecule has 1 saturated heterocycles. The van der Waals surface area contributed by atoms with Gasteiger partial charge >= 0.3 is 0 Å². The van der Waals surface area contributed by atoms with E-state index in [0.717, 1.165) is 5.96 Å². The summed E-state index contributed by atoms with van der Waals surface area (Å²) in [5, 5.41) is 7.18. The highest BCUT2D eigenvalue weighted by molar-refractivity contribution is 14.0. The van der Waals surface area contributed by atoms with Crippen molar-refractivity contribution >= 4 is 35.8 Å². The van der Waals surface area contributed by atoms with Gasteiger partial charge < -0.3 is 28.8 Å². The zero-order valence-electron chi connectivity index (χ0n) is 16.8. The summed E-state index contributed by atoms with van der Waals surface area (Å²) in [7, 11) is 1.72. The van der Waals surface area contributed by atoms with E-state index >= 15 is 0 Å². The summed E-state index contributed by atoms with van der Waals surface area (Å²) in [6.45, 7) is 7.28. The number of nitrogens with zero attached hydrogens (tertiary/aromatic N) is 5. The molecule has 1 atom stereocenters. The van der Waals surface area contributed by atoms with E-state index < -0.39 is 0 Å². The average molecular weight is 518 g/mol. The summed E-state index contributed by atoms with van der Waals surface area (Å²) < 4.78 is 15.9. The molecule has 3 heterocycles. The molecule has 0 radical (unpaired) electrons. The first-order valence-corrected chi connectivity index (χ1v) is 9.34. The van der Waals surface area contributed by atoms with Crippen molar-refractivity contribution in [2.75, 3.05) is 39.8 Å². The third-order valence-electron chi connectivity index (χ3n) is 4.47. The summed E-state index contributed by atoms with van der Waals surface area (Å²) >= 11 is 0. The van der Waals surface area contributed by atoms with Crippen LogP contribution in [0.25, 0.3) is 0 Å². The minimum atomic E-state index is -0.207. The fraction of sp³-hybridized carbons (Fsp3) is 0.556. The number of aliphatic imine (C=N–C) groups is 1. The molecular weight excluding hydrogens is 491 g/mol. The zero-order chi connectivity index (χ0) is 19.9. The molecule has 10 nitrogen and oxygen atoms in total. The van der Waals surface area contributed by atoms with Crippen molar-refractivity contribution in [3.63, 3.8) is 0 Å². The predicted molar refractivity (Wildman–Crippen MR) is 116 cm³/mol. The Kier molecular flexibility index (Phi) is 8.89. The smallest absolute Gasteiger partial charge is 0.289 e. The van der Waals surface area contributed by atoms with Crippen LogP contribution in [-0.4, -0.2) is 71.6 Å². The van der Waals surface area contributed by atoms with Crippen molar-refractivity contribution in [1.82, 2.24) is 25.3 Å². The van der Waals surface area contributed by atoms with Crippen LogP contribution in [0.15, 0.2) is 32.3 Å². The van der Waals surface area contributed by atoms with Gasteiger partial charge in [0.05, 0.1) is 12.8 Å². The molecule has 1 aliphatic rings. The number of amides is 1. The summed E-state index contributed by atoms with van der Waals surface area (Å²) in [6, 6.07) is 3.40. The summed E-state index contributed by atoms with van der Waals surface area (Å²) in [6.07, 6.45) is 1.30. The van der Waals surface area contributed by atoms with Crippen LogP contribution in [0.2, 0.25) is 0 Å². The van der Waals surface area contributed by atoms with Gasteiger partial charge in [0.2, 0.25) is 5.89 Å². The van der Waals surface area contributed by atoms with E-state index in [2.05, 4.69) is 25.3 Å². The van der Waals surface area contributed by atoms with Gasteiger partial charge in [-0.1, -0.05) is 5.16 Å². The third kappa shape index (κ3) is 5.92. The molecule has 1 N–H and O–H groups in total. The number of furan rings is 1. The number of aromatic nitrogens is 2. The van der Waals surface area contributed by atoms with E-state index in [9.17, 15) is 4.79 Å². The first-order chi connectivity index (χ1) is 13.6. The van der Waals surface area contributed by atoms with Gasteiger partial charge in [-0.2, -0.15) is 4.98 Å². The quantitative estimate of drug-likeness (QED) is 0.351. The third-order valence-corrected chi connectivity index (χ3v) is 4.47. The number of guanidine groups is 1. The van der Waals surface area contributed by atoms with Crippen molar-refractivity contribution in [3.8, 4) is 0 Å². The van der Waals surface area contributed by atoms with Gasteiger partial charge in [0.15, 0.2) is 17.5 Å². The van der Waals surface area contributed by atoms with Gasteiger partial charge in [0.25, 0.3) is 5.91 Å². The molecule has 0 bridgehead atoms. The lowest BCUT2D eigenvalue weighted by molar-refractivity contribution is 0.0657. The molecule has 2 aromatic rings. The normalized spacial score (nSPS) is 15.8. The molecule has 0 spiro atoms. The number of hydrogen-bond donors (Lipinski definition) is 1. The number of hydrogen-bond acceptors (Lipinski definition) is 7. The molecule has 0 aromatic carbocycles. The van der Waals surface area contributed by atoms with Crippen molar-refractivity contribution < 1.29 is 18.5 Å². The van der Waals surface area contributed by atoms with Crippen molar-refractivity contribution in [3.05, 3.63) is 35.9 Å². The van der Waals surface area contributed by atoms with Crippen molar-refractivity contribution in [2.45, 2.75) is 26.5 Å². The second-order valence-corrected chi connectivity index (χ2v) is 6.30. The summed E-state index contributed by atoms with van der Waals surface area (Å²) in [5.74, 6) is 1.99. The highest BCUT2D eigenvalue weighted by Gasteiger charge is 2.25. The second-order valence-electron chi connectivity index (χ2n) is 6.30. The molecular formula is C18H27IN6O4. The second kappa shape index (κ2) is 11.1. The fourth-order valence-corrected chi connectivity index (χ4v) is 2.99. The van der Waals surface area contributed by atoms with E-state index in [-0.39, 0.29) is 36.0 Å². The van der Waals surface area contributed by atoms with E-state index in [0.29, 0.717) is 56.8 Å². The maximum Gasteiger partial charge on any atom is 0.289 e. The zero-order valence-corrected chi connectivity index (χ0v) is 19.2. The van der Waals surface area contributed by atoms with Crippen LogP contribution in [-0.2, 0) is 11.3 Å². The average Bonchev–Trinajstić information content (AvgIpc) is 3.41. The molecule has 1 aliphatic heterocycles. The molecule has 0 aliphatic carbocycles. The van der Waals surface area contributed by atoms with E-state index in [4.69, 9.17) is 13.7 Å². The van der Waals surface area contributed by atoms with Crippen LogP contribution in [0, 0.1) is 0 Å². The van der Waals surface area contributed by atoms with E-state index in [1.807, 2.05) is 13.8 Å². The van der Waals surface area contributed by atoms with Crippen LogP contribution in [0.1, 0.15) is 42.2 Å². The molecule has 2 aromatic heterocycles. The van der Waals surface area contributed by atoms with E-state index in [1.165, 1.54) is 6.26 Å². The number of carbonyl (C=O) groups excluding carboxylic acids is 1.